The van der Waals surface area contributed by atoms with Crippen LogP contribution in [0.4, 0.5) is 0 Å². The molecule has 0 spiro atoms. The van der Waals surface area contributed by atoms with E-state index in [1.54, 1.807) is 12.1 Å². The molecule has 16 heavy (non-hydrogen) atoms. The van der Waals surface area contributed by atoms with E-state index in [9.17, 15) is 5.11 Å². The number of nitriles is 1. The number of benzene rings is 1. The van der Waals surface area contributed by atoms with Crippen molar-refractivity contribution in [2.75, 3.05) is 0 Å². The second-order valence-corrected chi connectivity index (χ2v) is 4.58. The lowest BCUT2D eigenvalue weighted by Gasteiger charge is -2.11. The molecule has 0 aromatic heterocycles. The molecule has 2 heteroatoms. The minimum absolute atomic E-state index is 0.438. The minimum atomic E-state index is -0.438. The van der Waals surface area contributed by atoms with Crippen molar-refractivity contribution in [3.8, 4) is 6.07 Å². The number of aliphatic hydroxyl groups is 1. The van der Waals surface area contributed by atoms with Crippen LogP contribution in [-0.2, 0) is 0 Å². The molecular formula is C14H19NO. The van der Waals surface area contributed by atoms with Gasteiger partial charge >= 0.3 is 0 Å². The van der Waals surface area contributed by atoms with Crippen LogP contribution in [0.3, 0.4) is 0 Å². The van der Waals surface area contributed by atoms with E-state index in [4.69, 9.17) is 5.26 Å². The maximum Gasteiger partial charge on any atom is 0.0991 e. The summed E-state index contributed by atoms with van der Waals surface area (Å²) in [7, 11) is 0. The Kier molecular flexibility index (Phi) is 5.01. The zero-order valence-electron chi connectivity index (χ0n) is 9.98. The molecule has 0 aliphatic heterocycles. The number of rotatable bonds is 5. The summed E-state index contributed by atoms with van der Waals surface area (Å²) in [6, 6.07) is 9.30. The Hall–Kier alpha value is -1.33. The van der Waals surface area contributed by atoms with Gasteiger partial charge in [-0.15, -0.1) is 0 Å². The molecule has 0 aliphatic rings. The third-order valence-corrected chi connectivity index (χ3v) is 2.66. The Bertz CT molecular complexity index is 365. The third kappa shape index (κ3) is 4.04. The fourth-order valence-corrected chi connectivity index (χ4v) is 1.70. The summed E-state index contributed by atoms with van der Waals surface area (Å²) in [4.78, 5) is 0. The molecule has 1 unspecified atom stereocenters. The number of aliphatic hydroxyl groups excluding tert-OH is 1. The largest absolute Gasteiger partial charge is 0.388 e. The molecule has 1 N–H and O–H groups in total. The molecule has 0 bridgehead atoms. The summed E-state index contributed by atoms with van der Waals surface area (Å²) in [5.74, 6) is 0.678. The van der Waals surface area contributed by atoms with Gasteiger partial charge in [0.2, 0.25) is 0 Å². The molecule has 1 atom stereocenters. The molecule has 0 fully saturated rings. The van der Waals surface area contributed by atoms with Crippen LogP contribution in [0.2, 0.25) is 0 Å². The lowest BCUT2D eigenvalue weighted by Crippen LogP contribution is -1.99. The second kappa shape index (κ2) is 6.30. The molecule has 0 aliphatic carbocycles. The van der Waals surface area contributed by atoms with E-state index in [1.807, 2.05) is 12.1 Å². The first-order valence-corrected chi connectivity index (χ1v) is 5.81. The predicted molar refractivity (Wildman–Crippen MR) is 64.8 cm³/mol. The van der Waals surface area contributed by atoms with Crippen LogP contribution in [0.25, 0.3) is 0 Å². The van der Waals surface area contributed by atoms with Crippen LogP contribution >= 0.6 is 0 Å². The topological polar surface area (TPSA) is 44.0 Å². The van der Waals surface area contributed by atoms with Crippen LogP contribution < -0.4 is 0 Å². The Labute approximate surface area is 97.5 Å². The fraction of sp³-hybridized carbons (Fsp3) is 0.500. The van der Waals surface area contributed by atoms with Gasteiger partial charge in [-0.1, -0.05) is 38.8 Å². The van der Waals surface area contributed by atoms with E-state index >= 15 is 0 Å². The van der Waals surface area contributed by atoms with Gasteiger partial charge < -0.3 is 5.11 Å². The van der Waals surface area contributed by atoms with Crippen LogP contribution in [0.1, 0.15) is 50.3 Å². The predicted octanol–water partition coefficient (Wildman–Crippen LogP) is 3.42. The molecule has 1 aromatic rings. The van der Waals surface area contributed by atoms with Crippen molar-refractivity contribution in [1.82, 2.24) is 0 Å². The van der Waals surface area contributed by atoms with Crippen LogP contribution in [0, 0.1) is 17.2 Å². The summed E-state index contributed by atoms with van der Waals surface area (Å²) < 4.78 is 0. The van der Waals surface area contributed by atoms with Crippen molar-refractivity contribution in [3.63, 3.8) is 0 Å². The quantitative estimate of drug-likeness (QED) is 0.821. The highest BCUT2D eigenvalue weighted by Gasteiger charge is 2.08. The average molecular weight is 217 g/mol. The van der Waals surface area contributed by atoms with Gasteiger partial charge in [0.1, 0.15) is 0 Å². The van der Waals surface area contributed by atoms with Gasteiger partial charge in [0.15, 0.2) is 0 Å². The van der Waals surface area contributed by atoms with E-state index < -0.39 is 6.10 Å². The Morgan fingerprint density at radius 2 is 2.06 bits per heavy atom. The minimum Gasteiger partial charge on any atom is -0.388 e. The monoisotopic (exact) mass is 217 g/mol. The number of hydrogen-bond donors (Lipinski definition) is 1. The fourth-order valence-electron chi connectivity index (χ4n) is 1.70. The first kappa shape index (κ1) is 12.7. The summed E-state index contributed by atoms with van der Waals surface area (Å²) in [5, 5.41) is 18.7. The van der Waals surface area contributed by atoms with E-state index in [-0.39, 0.29) is 0 Å². The lowest BCUT2D eigenvalue weighted by molar-refractivity contribution is 0.162. The molecule has 0 amide bonds. The molecule has 0 radical (unpaired) electrons. The summed E-state index contributed by atoms with van der Waals surface area (Å²) in [6.07, 6.45) is 2.49. The summed E-state index contributed by atoms with van der Waals surface area (Å²) in [6.45, 7) is 4.37. The highest BCUT2D eigenvalue weighted by atomic mass is 16.3. The van der Waals surface area contributed by atoms with Crippen molar-refractivity contribution in [1.29, 1.82) is 5.26 Å². The van der Waals surface area contributed by atoms with Gasteiger partial charge in [-0.2, -0.15) is 5.26 Å². The number of nitrogens with zero attached hydrogens (tertiary/aromatic N) is 1. The summed E-state index contributed by atoms with van der Waals surface area (Å²) in [5.41, 5.74) is 1.46. The Balaban J connectivity index is 2.52. The smallest absolute Gasteiger partial charge is 0.0991 e. The zero-order chi connectivity index (χ0) is 12.0. The molecular weight excluding hydrogens is 198 g/mol. The van der Waals surface area contributed by atoms with Gasteiger partial charge in [-0.3, -0.25) is 0 Å². The van der Waals surface area contributed by atoms with Crippen molar-refractivity contribution < 1.29 is 5.11 Å². The van der Waals surface area contributed by atoms with Gasteiger partial charge in [0.25, 0.3) is 0 Å². The standard InChI is InChI=1S/C14H19NO/c1-11(2)5-3-8-14(16)13-7-4-6-12(9-13)10-15/h4,6-7,9,11,14,16H,3,5,8H2,1-2H3. The molecule has 0 saturated carbocycles. The summed E-state index contributed by atoms with van der Waals surface area (Å²) >= 11 is 0. The van der Waals surface area contributed by atoms with E-state index in [0.717, 1.165) is 24.8 Å². The molecule has 86 valence electrons. The molecule has 2 nitrogen and oxygen atoms in total. The second-order valence-electron chi connectivity index (χ2n) is 4.58. The molecule has 0 saturated heterocycles. The lowest BCUT2D eigenvalue weighted by atomic mass is 9.99. The van der Waals surface area contributed by atoms with E-state index in [2.05, 4.69) is 19.9 Å². The van der Waals surface area contributed by atoms with E-state index in [0.29, 0.717) is 11.5 Å². The third-order valence-electron chi connectivity index (χ3n) is 2.66. The van der Waals surface area contributed by atoms with Crippen molar-refractivity contribution >= 4 is 0 Å². The van der Waals surface area contributed by atoms with Crippen LogP contribution in [0.15, 0.2) is 24.3 Å². The van der Waals surface area contributed by atoms with Gasteiger partial charge in [-0.25, -0.2) is 0 Å². The average Bonchev–Trinajstić information content (AvgIpc) is 2.28. The maximum absolute atomic E-state index is 9.94. The van der Waals surface area contributed by atoms with Crippen LogP contribution in [0.5, 0.6) is 0 Å². The maximum atomic E-state index is 9.94. The highest BCUT2D eigenvalue weighted by molar-refractivity contribution is 5.33. The van der Waals surface area contributed by atoms with Crippen molar-refractivity contribution in [2.24, 2.45) is 5.92 Å². The van der Waals surface area contributed by atoms with Crippen LogP contribution in [-0.4, -0.2) is 5.11 Å². The molecule has 1 aromatic carbocycles. The van der Waals surface area contributed by atoms with Crippen molar-refractivity contribution in [2.45, 2.75) is 39.2 Å². The first-order chi connectivity index (χ1) is 7.63. The first-order valence-electron chi connectivity index (χ1n) is 5.81. The molecule has 0 heterocycles. The Morgan fingerprint density at radius 1 is 1.31 bits per heavy atom. The van der Waals surface area contributed by atoms with E-state index in [1.165, 1.54) is 0 Å². The Morgan fingerprint density at radius 3 is 2.69 bits per heavy atom. The zero-order valence-corrected chi connectivity index (χ0v) is 9.98. The van der Waals surface area contributed by atoms with Crippen molar-refractivity contribution in [3.05, 3.63) is 35.4 Å². The SMILES string of the molecule is CC(C)CCCC(O)c1cccc(C#N)c1. The highest BCUT2D eigenvalue weighted by Crippen LogP contribution is 2.21. The number of hydrogen-bond acceptors (Lipinski definition) is 2. The normalized spacial score (nSPS) is 12.4. The van der Waals surface area contributed by atoms with Gasteiger partial charge in [-0.05, 0) is 30.0 Å². The van der Waals surface area contributed by atoms with Gasteiger partial charge in [0.05, 0.1) is 17.7 Å². The molecule has 1 rings (SSSR count). The van der Waals surface area contributed by atoms with Gasteiger partial charge in [0, 0.05) is 0 Å².